The highest BCUT2D eigenvalue weighted by molar-refractivity contribution is 9.10. The lowest BCUT2D eigenvalue weighted by molar-refractivity contribution is 0.916. The fourth-order valence-corrected chi connectivity index (χ4v) is 1.72. The monoisotopic (exact) mass is 273 g/mol. The standard InChI is InChI=1S/C9H12BrN3S/c1-13(5-3-9(11)14)8-2-4-12-6-7(8)10/h2,4,6H,3,5H2,1H3,(H2,11,14). The Hall–Kier alpha value is -0.680. The Morgan fingerprint density at radius 1 is 1.71 bits per heavy atom. The van der Waals surface area contributed by atoms with Crippen molar-refractivity contribution in [1.82, 2.24) is 4.98 Å². The summed E-state index contributed by atoms with van der Waals surface area (Å²) in [4.78, 5) is 6.63. The molecule has 1 rings (SSSR count). The molecule has 2 N–H and O–H groups in total. The quantitative estimate of drug-likeness (QED) is 0.852. The smallest absolute Gasteiger partial charge is 0.0745 e. The second-order valence-corrected chi connectivity index (χ2v) is 4.34. The third kappa shape index (κ3) is 3.23. The van der Waals surface area contributed by atoms with Gasteiger partial charge in [0, 0.05) is 32.4 Å². The first-order valence-corrected chi connectivity index (χ1v) is 5.40. The van der Waals surface area contributed by atoms with Crippen LogP contribution in [0.25, 0.3) is 0 Å². The molecular weight excluding hydrogens is 262 g/mol. The zero-order chi connectivity index (χ0) is 10.6. The van der Waals surface area contributed by atoms with E-state index in [-0.39, 0.29) is 0 Å². The topological polar surface area (TPSA) is 42.1 Å². The normalized spacial score (nSPS) is 9.86. The minimum Gasteiger partial charge on any atom is -0.393 e. The van der Waals surface area contributed by atoms with Crippen molar-refractivity contribution < 1.29 is 0 Å². The van der Waals surface area contributed by atoms with Crippen molar-refractivity contribution >= 4 is 38.8 Å². The van der Waals surface area contributed by atoms with E-state index in [4.69, 9.17) is 18.0 Å². The Morgan fingerprint density at radius 2 is 2.43 bits per heavy atom. The molecule has 0 unspecified atom stereocenters. The van der Waals surface area contributed by atoms with Crippen molar-refractivity contribution in [3.8, 4) is 0 Å². The lowest BCUT2D eigenvalue weighted by atomic mass is 10.3. The predicted molar refractivity (Wildman–Crippen MR) is 66.6 cm³/mol. The molecule has 1 aromatic heterocycles. The summed E-state index contributed by atoms with van der Waals surface area (Å²) in [6.45, 7) is 0.817. The Bertz CT molecular complexity index is 330. The SMILES string of the molecule is CN(CCC(N)=S)c1ccncc1Br. The fraction of sp³-hybridized carbons (Fsp3) is 0.333. The van der Waals surface area contributed by atoms with Crippen molar-refractivity contribution in [2.75, 3.05) is 18.5 Å². The lowest BCUT2D eigenvalue weighted by Crippen LogP contribution is -2.23. The van der Waals surface area contributed by atoms with Gasteiger partial charge in [-0.15, -0.1) is 0 Å². The number of hydrogen-bond acceptors (Lipinski definition) is 3. The van der Waals surface area contributed by atoms with Gasteiger partial charge in [0.25, 0.3) is 0 Å². The molecule has 0 amide bonds. The molecule has 0 saturated heterocycles. The summed E-state index contributed by atoms with van der Waals surface area (Å²) in [5.41, 5.74) is 6.53. The molecule has 3 nitrogen and oxygen atoms in total. The first kappa shape index (κ1) is 11.4. The first-order chi connectivity index (χ1) is 6.61. The van der Waals surface area contributed by atoms with Crippen molar-refractivity contribution in [3.63, 3.8) is 0 Å². The number of nitrogens with two attached hydrogens (primary N) is 1. The van der Waals surface area contributed by atoms with E-state index >= 15 is 0 Å². The Morgan fingerprint density at radius 3 is 3.00 bits per heavy atom. The van der Waals surface area contributed by atoms with Gasteiger partial charge in [0.05, 0.1) is 15.1 Å². The van der Waals surface area contributed by atoms with Crippen LogP contribution in [0.5, 0.6) is 0 Å². The van der Waals surface area contributed by atoms with Crippen LogP contribution in [-0.2, 0) is 0 Å². The number of aromatic nitrogens is 1. The molecule has 0 aliphatic rings. The minimum absolute atomic E-state index is 0.544. The number of thiocarbonyl (C=S) groups is 1. The molecule has 76 valence electrons. The summed E-state index contributed by atoms with van der Waals surface area (Å²) >= 11 is 8.26. The maximum atomic E-state index is 5.44. The van der Waals surface area contributed by atoms with Gasteiger partial charge in [0.1, 0.15) is 0 Å². The molecule has 0 aliphatic heterocycles. The average Bonchev–Trinajstić information content (AvgIpc) is 2.15. The van der Waals surface area contributed by atoms with E-state index in [2.05, 4.69) is 25.8 Å². The van der Waals surface area contributed by atoms with Gasteiger partial charge in [-0.05, 0) is 22.0 Å². The van der Waals surface area contributed by atoms with Gasteiger partial charge >= 0.3 is 0 Å². The molecule has 0 saturated carbocycles. The second-order valence-electron chi connectivity index (χ2n) is 2.96. The van der Waals surface area contributed by atoms with Crippen LogP contribution in [0.1, 0.15) is 6.42 Å². The van der Waals surface area contributed by atoms with E-state index < -0.39 is 0 Å². The predicted octanol–water partition coefficient (Wildman–Crippen LogP) is 1.96. The largest absolute Gasteiger partial charge is 0.393 e. The van der Waals surface area contributed by atoms with Crippen molar-refractivity contribution in [1.29, 1.82) is 0 Å². The first-order valence-electron chi connectivity index (χ1n) is 4.20. The van der Waals surface area contributed by atoms with Crippen LogP contribution in [0, 0.1) is 0 Å². The molecule has 0 spiro atoms. The molecule has 1 heterocycles. The highest BCUT2D eigenvalue weighted by Gasteiger charge is 2.04. The van der Waals surface area contributed by atoms with Crippen LogP contribution in [0.3, 0.4) is 0 Å². The van der Waals surface area contributed by atoms with Crippen LogP contribution >= 0.6 is 28.1 Å². The zero-order valence-corrected chi connectivity index (χ0v) is 10.3. The Labute approximate surface area is 97.4 Å². The van der Waals surface area contributed by atoms with Crippen molar-refractivity contribution in [2.45, 2.75) is 6.42 Å². The minimum atomic E-state index is 0.544. The van der Waals surface area contributed by atoms with E-state index in [9.17, 15) is 0 Å². The van der Waals surface area contributed by atoms with Gasteiger partial charge in [0.15, 0.2) is 0 Å². The maximum absolute atomic E-state index is 5.44. The molecule has 14 heavy (non-hydrogen) atoms. The number of anilines is 1. The van der Waals surface area contributed by atoms with Gasteiger partial charge in [-0.2, -0.15) is 0 Å². The number of pyridine rings is 1. The summed E-state index contributed by atoms with van der Waals surface area (Å²) in [5, 5.41) is 0. The van der Waals surface area contributed by atoms with Crippen LogP contribution in [-0.4, -0.2) is 23.6 Å². The summed E-state index contributed by atoms with van der Waals surface area (Å²) in [5.74, 6) is 0. The van der Waals surface area contributed by atoms with Crippen molar-refractivity contribution in [2.24, 2.45) is 5.73 Å². The number of nitrogens with zero attached hydrogens (tertiary/aromatic N) is 2. The average molecular weight is 274 g/mol. The van der Waals surface area contributed by atoms with Crippen LogP contribution in [0.2, 0.25) is 0 Å². The molecule has 0 aliphatic carbocycles. The highest BCUT2D eigenvalue weighted by atomic mass is 79.9. The van der Waals surface area contributed by atoms with Crippen LogP contribution in [0.15, 0.2) is 22.9 Å². The van der Waals surface area contributed by atoms with Gasteiger partial charge < -0.3 is 10.6 Å². The van der Waals surface area contributed by atoms with Crippen LogP contribution < -0.4 is 10.6 Å². The van der Waals surface area contributed by atoms with Crippen molar-refractivity contribution in [3.05, 3.63) is 22.9 Å². The molecule has 0 bridgehead atoms. The number of hydrogen-bond donors (Lipinski definition) is 1. The van der Waals surface area contributed by atoms with Crippen LogP contribution in [0.4, 0.5) is 5.69 Å². The Kier molecular flexibility index (Phi) is 4.28. The molecule has 0 atom stereocenters. The summed E-state index contributed by atoms with van der Waals surface area (Å²) in [7, 11) is 2.00. The third-order valence-corrected chi connectivity index (χ3v) is 2.67. The molecule has 0 fully saturated rings. The highest BCUT2D eigenvalue weighted by Crippen LogP contribution is 2.23. The summed E-state index contributed by atoms with van der Waals surface area (Å²) in [6, 6.07) is 1.95. The van der Waals surface area contributed by atoms with E-state index in [0.29, 0.717) is 4.99 Å². The maximum Gasteiger partial charge on any atom is 0.0745 e. The number of halogens is 1. The molecule has 1 aromatic rings. The number of rotatable bonds is 4. The summed E-state index contributed by atoms with van der Waals surface area (Å²) in [6.07, 6.45) is 4.25. The van der Waals surface area contributed by atoms with Gasteiger partial charge in [-0.25, -0.2) is 0 Å². The van der Waals surface area contributed by atoms with Gasteiger partial charge in [0.2, 0.25) is 0 Å². The molecular formula is C9H12BrN3S. The third-order valence-electron chi connectivity index (χ3n) is 1.86. The van der Waals surface area contributed by atoms with E-state index in [1.54, 1.807) is 12.4 Å². The fourth-order valence-electron chi connectivity index (χ4n) is 1.08. The van der Waals surface area contributed by atoms with E-state index in [1.165, 1.54) is 0 Å². The second kappa shape index (κ2) is 5.26. The van der Waals surface area contributed by atoms with Gasteiger partial charge in [-0.3, -0.25) is 4.98 Å². The Balaban J connectivity index is 2.65. The molecule has 0 radical (unpaired) electrons. The molecule has 5 heteroatoms. The molecule has 0 aromatic carbocycles. The lowest BCUT2D eigenvalue weighted by Gasteiger charge is -2.19. The summed E-state index contributed by atoms with van der Waals surface area (Å²) < 4.78 is 0.977. The van der Waals surface area contributed by atoms with E-state index in [1.807, 2.05) is 13.1 Å². The van der Waals surface area contributed by atoms with E-state index in [0.717, 1.165) is 23.1 Å². The van der Waals surface area contributed by atoms with Gasteiger partial charge in [-0.1, -0.05) is 12.2 Å². The zero-order valence-electron chi connectivity index (χ0n) is 7.90.